The van der Waals surface area contributed by atoms with Gasteiger partial charge in [0.05, 0.1) is 12.5 Å². The second-order valence-electron chi connectivity index (χ2n) is 6.79. The molecule has 0 saturated carbocycles. The lowest BCUT2D eigenvalue weighted by Crippen LogP contribution is -2.40. The first kappa shape index (κ1) is 19.6. The maximum atomic E-state index is 13.3. The maximum Gasteiger partial charge on any atom is 0.308 e. The van der Waals surface area contributed by atoms with Gasteiger partial charge in [0.25, 0.3) is 5.91 Å². The van der Waals surface area contributed by atoms with Gasteiger partial charge >= 0.3 is 5.97 Å². The number of hydrogen-bond donors (Lipinski definition) is 1. The van der Waals surface area contributed by atoms with E-state index in [1.54, 1.807) is 17.0 Å². The summed E-state index contributed by atoms with van der Waals surface area (Å²) in [6.07, 6.45) is 3.11. The lowest BCUT2D eigenvalue weighted by atomic mass is 9.95. The molecule has 1 aromatic carbocycles. The summed E-state index contributed by atoms with van der Waals surface area (Å²) in [5.41, 5.74) is 1.69. The van der Waals surface area contributed by atoms with E-state index >= 15 is 0 Å². The number of Topliss-reactive ketones (excluding diaryl/α,β-unsaturated/α-hetero) is 1. The Kier molecular flexibility index (Phi) is 6.01. The molecule has 2 atom stereocenters. The molecular formula is C20H23NO5S. The van der Waals surface area contributed by atoms with Gasteiger partial charge in [-0.1, -0.05) is 24.3 Å². The molecule has 0 aromatic heterocycles. The van der Waals surface area contributed by atoms with Crippen LogP contribution >= 0.6 is 11.8 Å². The standard InChI is InChI=1S/C20H23NO5S/c1-12-6-3-4-8-14(12)18(24)17-15(10-16(22)23)19(25)21(20(17)27-2)11-13-7-5-9-26-13/h3-4,6,8,13,20H,5,7,9-11H2,1-2H3,(H,22,23)/t13-,20-/m0/s1. The third kappa shape index (κ3) is 3.94. The summed E-state index contributed by atoms with van der Waals surface area (Å²) in [5, 5.41) is 8.80. The van der Waals surface area contributed by atoms with Crippen molar-refractivity contribution in [2.75, 3.05) is 19.4 Å². The Morgan fingerprint density at radius 3 is 2.67 bits per heavy atom. The number of carbonyl (C=O) groups excluding carboxylic acids is 2. The Labute approximate surface area is 162 Å². The summed E-state index contributed by atoms with van der Waals surface area (Å²) >= 11 is 1.37. The second kappa shape index (κ2) is 8.27. The van der Waals surface area contributed by atoms with E-state index in [0.29, 0.717) is 24.3 Å². The minimum atomic E-state index is -1.12. The minimum Gasteiger partial charge on any atom is -0.481 e. The fourth-order valence-electron chi connectivity index (χ4n) is 3.68. The summed E-state index contributed by atoms with van der Waals surface area (Å²) in [7, 11) is 0. The topological polar surface area (TPSA) is 83.9 Å². The Bertz CT molecular complexity index is 797. The molecule has 0 spiro atoms. The van der Waals surface area contributed by atoms with Crippen molar-refractivity contribution in [1.29, 1.82) is 0 Å². The molecule has 1 saturated heterocycles. The van der Waals surface area contributed by atoms with Gasteiger partial charge in [-0.05, 0) is 31.6 Å². The Hall–Kier alpha value is -2.12. The van der Waals surface area contributed by atoms with Gasteiger partial charge in [-0.25, -0.2) is 0 Å². The highest BCUT2D eigenvalue weighted by molar-refractivity contribution is 7.99. The smallest absolute Gasteiger partial charge is 0.308 e. The Balaban J connectivity index is 2.00. The van der Waals surface area contributed by atoms with E-state index < -0.39 is 17.8 Å². The summed E-state index contributed by atoms with van der Waals surface area (Å²) in [6.45, 7) is 2.87. The number of thioether (sulfide) groups is 1. The van der Waals surface area contributed by atoms with E-state index in [-0.39, 0.29) is 23.4 Å². The molecule has 1 fully saturated rings. The van der Waals surface area contributed by atoms with E-state index in [1.807, 2.05) is 25.3 Å². The molecule has 144 valence electrons. The van der Waals surface area contributed by atoms with Crippen molar-refractivity contribution in [2.24, 2.45) is 0 Å². The zero-order valence-corrected chi connectivity index (χ0v) is 16.3. The Morgan fingerprint density at radius 1 is 1.33 bits per heavy atom. The van der Waals surface area contributed by atoms with Crippen molar-refractivity contribution in [3.63, 3.8) is 0 Å². The number of ether oxygens (including phenoxy) is 1. The van der Waals surface area contributed by atoms with Crippen molar-refractivity contribution < 1.29 is 24.2 Å². The fourth-order valence-corrected chi connectivity index (χ4v) is 4.60. The van der Waals surface area contributed by atoms with Crippen molar-refractivity contribution in [3.8, 4) is 0 Å². The second-order valence-corrected chi connectivity index (χ2v) is 7.71. The average molecular weight is 389 g/mol. The SMILES string of the molecule is CS[C@H]1C(C(=O)c2ccccc2C)=C(CC(=O)O)C(=O)N1C[C@@H]1CCCO1. The fraction of sp³-hybridized carbons (Fsp3) is 0.450. The predicted octanol–water partition coefficient (Wildman–Crippen LogP) is 2.66. The van der Waals surface area contributed by atoms with Gasteiger partial charge in [-0.2, -0.15) is 0 Å². The van der Waals surface area contributed by atoms with Crippen molar-refractivity contribution in [2.45, 2.75) is 37.7 Å². The number of aryl methyl sites for hydroxylation is 1. The number of aliphatic carboxylic acids is 1. The van der Waals surface area contributed by atoms with Gasteiger partial charge in [-0.3, -0.25) is 14.4 Å². The number of nitrogens with zero attached hydrogens (tertiary/aromatic N) is 1. The van der Waals surface area contributed by atoms with Crippen molar-refractivity contribution in [1.82, 2.24) is 4.90 Å². The predicted molar refractivity (Wildman–Crippen MR) is 103 cm³/mol. The third-order valence-corrected chi connectivity index (χ3v) is 5.92. The molecule has 2 aliphatic heterocycles. The molecule has 1 aromatic rings. The number of carbonyl (C=O) groups is 3. The number of amides is 1. The van der Waals surface area contributed by atoms with Gasteiger partial charge in [0.15, 0.2) is 5.78 Å². The number of ketones is 1. The third-order valence-electron chi connectivity index (χ3n) is 4.98. The summed E-state index contributed by atoms with van der Waals surface area (Å²) in [5.74, 6) is -1.76. The van der Waals surface area contributed by atoms with Crippen LogP contribution in [0.1, 0.15) is 35.2 Å². The molecule has 1 N–H and O–H groups in total. The first-order chi connectivity index (χ1) is 12.9. The molecule has 0 bridgehead atoms. The summed E-state index contributed by atoms with van der Waals surface area (Å²) in [4.78, 5) is 39.3. The molecular weight excluding hydrogens is 366 g/mol. The largest absolute Gasteiger partial charge is 0.481 e. The number of hydrogen-bond acceptors (Lipinski definition) is 5. The van der Waals surface area contributed by atoms with E-state index in [4.69, 9.17) is 4.74 Å². The van der Waals surface area contributed by atoms with Crippen LogP contribution in [0.5, 0.6) is 0 Å². The molecule has 1 amide bonds. The first-order valence-corrected chi connectivity index (χ1v) is 10.2. The first-order valence-electron chi connectivity index (χ1n) is 8.94. The zero-order valence-electron chi connectivity index (χ0n) is 15.4. The normalized spacial score (nSPS) is 22.6. The molecule has 7 heteroatoms. The molecule has 3 rings (SSSR count). The van der Waals surface area contributed by atoms with Gasteiger partial charge in [0.2, 0.25) is 0 Å². The highest BCUT2D eigenvalue weighted by Gasteiger charge is 2.43. The van der Waals surface area contributed by atoms with E-state index in [0.717, 1.165) is 18.4 Å². The number of carboxylic acids is 1. The molecule has 2 heterocycles. The lowest BCUT2D eigenvalue weighted by molar-refractivity contribution is -0.137. The monoisotopic (exact) mass is 389 g/mol. The van der Waals surface area contributed by atoms with Gasteiger partial charge in [-0.15, -0.1) is 11.8 Å². The van der Waals surface area contributed by atoms with Crippen LogP contribution in [0.25, 0.3) is 0 Å². The lowest BCUT2D eigenvalue weighted by Gasteiger charge is -2.27. The highest BCUT2D eigenvalue weighted by Crippen LogP contribution is 2.37. The summed E-state index contributed by atoms with van der Waals surface area (Å²) in [6, 6.07) is 7.16. The van der Waals surface area contributed by atoms with Crippen LogP contribution in [-0.4, -0.2) is 58.6 Å². The van der Waals surface area contributed by atoms with E-state index in [1.165, 1.54) is 11.8 Å². The molecule has 2 aliphatic rings. The van der Waals surface area contributed by atoms with Crippen LogP contribution in [-0.2, 0) is 14.3 Å². The van der Waals surface area contributed by atoms with E-state index in [2.05, 4.69) is 0 Å². The number of carboxylic acid groups (broad SMARTS) is 1. The van der Waals surface area contributed by atoms with Crippen molar-refractivity contribution in [3.05, 3.63) is 46.5 Å². The van der Waals surface area contributed by atoms with Crippen LogP contribution < -0.4 is 0 Å². The Morgan fingerprint density at radius 2 is 2.07 bits per heavy atom. The average Bonchev–Trinajstić information content (AvgIpc) is 3.23. The highest BCUT2D eigenvalue weighted by atomic mass is 32.2. The van der Waals surface area contributed by atoms with Crippen LogP contribution in [0.4, 0.5) is 0 Å². The molecule has 0 unspecified atom stereocenters. The maximum absolute atomic E-state index is 13.3. The van der Waals surface area contributed by atoms with Crippen LogP contribution in [0.2, 0.25) is 0 Å². The summed E-state index contributed by atoms with van der Waals surface area (Å²) < 4.78 is 5.65. The van der Waals surface area contributed by atoms with Gasteiger partial charge in [0.1, 0.15) is 5.37 Å². The minimum absolute atomic E-state index is 0.0670. The molecule has 6 nitrogen and oxygen atoms in total. The van der Waals surface area contributed by atoms with E-state index in [9.17, 15) is 19.5 Å². The quantitative estimate of drug-likeness (QED) is 0.722. The zero-order chi connectivity index (χ0) is 19.6. The van der Waals surface area contributed by atoms with Crippen molar-refractivity contribution >= 4 is 29.4 Å². The van der Waals surface area contributed by atoms with Gasteiger partial charge < -0.3 is 14.7 Å². The molecule has 0 radical (unpaired) electrons. The van der Waals surface area contributed by atoms with Crippen LogP contribution in [0.15, 0.2) is 35.4 Å². The van der Waals surface area contributed by atoms with Gasteiger partial charge in [0, 0.05) is 29.9 Å². The number of rotatable bonds is 7. The molecule has 27 heavy (non-hydrogen) atoms. The van der Waals surface area contributed by atoms with Crippen LogP contribution in [0, 0.1) is 6.92 Å². The molecule has 0 aliphatic carbocycles. The van der Waals surface area contributed by atoms with Crippen LogP contribution in [0.3, 0.4) is 0 Å². The number of benzene rings is 1.